The van der Waals surface area contributed by atoms with Gasteiger partial charge in [-0.1, -0.05) is 49.7 Å². The van der Waals surface area contributed by atoms with Crippen LogP contribution in [0.2, 0.25) is 0 Å². The summed E-state index contributed by atoms with van der Waals surface area (Å²) < 4.78 is 0. The first-order valence-corrected chi connectivity index (χ1v) is 16.1. The smallest absolute Gasteiger partial charge is 0.255 e. The van der Waals surface area contributed by atoms with Crippen LogP contribution < -0.4 is 11.1 Å². The van der Waals surface area contributed by atoms with E-state index >= 15 is 0 Å². The van der Waals surface area contributed by atoms with Crippen molar-refractivity contribution in [2.75, 3.05) is 40.3 Å². The van der Waals surface area contributed by atoms with E-state index in [1.54, 1.807) is 27.1 Å². The standard InChI is InChI=1S/C28H28N2O7.C8H18N2O/c1-12-5-4-6-13(9-12)15-7-8-18(31)20-16(15)10-14-11-17-22(30(2)3)24(33)21(27(29)36)26(35)28(17,37)25(34)19(14)23(20)32;1-4-10(5-2)7-6-9-8(3)11/h4-9,14,17,22,31-32,35,37H,10-11H2,1-3H3,(H2,29,36);4-7H2,1-3H3,(H,9,11)/t14-,17-,22+,28-;/m0./s1. The van der Waals surface area contributed by atoms with Crippen LogP contribution in [0.4, 0.5) is 0 Å². The zero-order valence-corrected chi connectivity index (χ0v) is 28.3. The van der Waals surface area contributed by atoms with E-state index in [9.17, 15) is 39.6 Å². The zero-order chi connectivity index (χ0) is 35.7. The SMILES string of the molecule is CCN(CC)CCNC(C)=O.Cc1cccc(-c2ccc(O)c3c2C[C@H]2C[C@H]4[C@@H](N(C)C)C(=O)C(C(N)=O)=C(O)[C@@]4(O)C(=O)C2=C3O)c1. The van der Waals surface area contributed by atoms with Crippen LogP contribution in [0.1, 0.15) is 43.9 Å². The number of aliphatic hydroxyl groups is 3. The van der Waals surface area contributed by atoms with E-state index in [1.165, 1.54) is 11.0 Å². The van der Waals surface area contributed by atoms with Gasteiger partial charge in [-0.2, -0.15) is 0 Å². The highest BCUT2D eigenvalue weighted by atomic mass is 16.3. The summed E-state index contributed by atoms with van der Waals surface area (Å²) in [6.07, 6.45) is 0.293. The molecule has 258 valence electrons. The number of nitrogens with zero attached hydrogens (tertiary/aromatic N) is 2. The van der Waals surface area contributed by atoms with Crippen LogP contribution in [0.5, 0.6) is 5.75 Å². The molecule has 0 saturated heterocycles. The molecule has 0 heterocycles. The summed E-state index contributed by atoms with van der Waals surface area (Å²) in [4.78, 5) is 53.4. The highest BCUT2D eigenvalue weighted by Gasteiger charge is 2.64. The third-order valence-corrected chi connectivity index (χ3v) is 9.63. The number of hydrogen-bond donors (Lipinski definition) is 6. The molecule has 0 unspecified atom stereocenters. The van der Waals surface area contributed by atoms with E-state index in [0.717, 1.165) is 42.9 Å². The Morgan fingerprint density at radius 2 is 1.73 bits per heavy atom. The Bertz CT molecular complexity index is 1690. The number of nitrogens with one attached hydrogen (secondary N) is 1. The van der Waals surface area contributed by atoms with Crippen molar-refractivity contribution in [1.82, 2.24) is 15.1 Å². The molecule has 0 spiro atoms. The second-order valence-corrected chi connectivity index (χ2v) is 12.8. The average molecular weight is 663 g/mol. The molecule has 1 fully saturated rings. The lowest BCUT2D eigenvalue weighted by Crippen LogP contribution is -2.65. The molecule has 3 aliphatic rings. The number of likely N-dealkylation sites (N-methyl/N-ethyl adjacent to an activating group) is 2. The Morgan fingerprint density at radius 3 is 2.29 bits per heavy atom. The molecule has 2 amide bonds. The van der Waals surface area contributed by atoms with Gasteiger partial charge in [-0.15, -0.1) is 0 Å². The average Bonchev–Trinajstić information content (AvgIpc) is 3.01. The molecule has 48 heavy (non-hydrogen) atoms. The quantitative estimate of drug-likeness (QED) is 0.229. The number of hydrogen-bond acceptors (Lipinski definition) is 10. The lowest BCUT2D eigenvalue weighted by atomic mass is 9.57. The molecule has 2 aromatic carbocycles. The van der Waals surface area contributed by atoms with Gasteiger partial charge in [0.15, 0.2) is 11.4 Å². The van der Waals surface area contributed by atoms with Crippen LogP contribution in [0, 0.1) is 18.8 Å². The molecular formula is C36H46N4O8. The normalized spacial score (nSPS) is 23.3. The fraction of sp³-hybridized carbons (Fsp3) is 0.444. The minimum atomic E-state index is -2.64. The topological polar surface area (TPSA) is 194 Å². The molecule has 1 saturated carbocycles. The number of ketones is 2. The maximum atomic E-state index is 13.9. The lowest BCUT2D eigenvalue weighted by molar-refractivity contribution is -0.153. The van der Waals surface area contributed by atoms with E-state index in [1.807, 2.05) is 31.2 Å². The molecule has 3 aliphatic carbocycles. The van der Waals surface area contributed by atoms with Crippen LogP contribution in [0.15, 0.2) is 53.3 Å². The maximum absolute atomic E-state index is 13.9. The van der Waals surface area contributed by atoms with Crippen molar-refractivity contribution in [1.29, 1.82) is 0 Å². The van der Waals surface area contributed by atoms with Gasteiger partial charge in [-0.05, 0) is 75.6 Å². The van der Waals surface area contributed by atoms with Gasteiger partial charge >= 0.3 is 0 Å². The third kappa shape index (κ3) is 6.47. The summed E-state index contributed by atoms with van der Waals surface area (Å²) in [6, 6.07) is 9.82. The Balaban J connectivity index is 0.000000408. The fourth-order valence-electron chi connectivity index (χ4n) is 7.26. The highest BCUT2D eigenvalue weighted by Crippen LogP contribution is 2.53. The van der Waals surface area contributed by atoms with Crippen molar-refractivity contribution in [3.8, 4) is 16.9 Å². The van der Waals surface area contributed by atoms with Crippen molar-refractivity contribution >= 4 is 29.1 Å². The van der Waals surface area contributed by atoms with Crippen molar-refractivity contribution < 1.29 is 39.6 Å². The number of aliphatic hydroxyl groups excluding tert-OH is 2. The van der Waals surface area contributed by atoms with E-state index in [0.29, 0.717) is 5.56 Å². The van der Waals surface area contributed by atoms with Crippen LogP contribution >= 0.6 is 0 Å². The summed E-state index contributed by atoms with van der Waals surface area (Å²) in [6.45, 7) is 11.6. The molecule has 12 nitrogen and oxygen atoms in total. The van der Waals surface area contributed by atoms with Crippen LogP contribution in [0.3, 0.4) is 0 Å². The maximum Gasteiger partial charge on any atom is 0.255 e. The number of nitrogens with two attached hydrogens (primary N) is 1. The highest BCUT2D eigenvalue weighted by molar-refractivity contribution is 6.24. The molecule has 0 aromatic heterocycles. The number of amides is 2. The van der Waals surface area contributed by atoms with Crippen molar-refractivity contribution in [2.45, 2.75) is 52.2 Å². The summed E-state index contributed by atoms with van der Waals surface area (Å²) in [7, 11) is 3.14. The van der Waals surface area contributed by atoms with E-state index in [-0.39, 0.29) is 35.6 Å². The molecule has 7 N–H and O–H groups in total. The monoisotopic (exact) mass is 662 g/mol. The van der Waals surface area contributed by atoms with Crippen molar-refractivity contribution in [2.24, 2.45) is 17.6 Å². The lowest BCUT2D eigenvalue weighted by Gasteiger charge is -2.50. The second-order valence-electron chi connectivity index (χ2n) is 12.8. The number of aromatic hydroxyl groups is 1. The van der Waals surface area contributed by atoms with Gasteiger partial charge < -0.3 is 36.4 Å². The second kappa shape index (κ2) is 14.3. The number of phenolic OH excluding ortho intramolecular Hbond substituents is 1. The number of carbonyl (C=O) groups excluding carboxylic acids is 4. The first-order chi connectivity index (χ1) is 22.6. The number of fused-ring (bicyclic) bond motifs is 3. The minimum Gasteiger partial charge on any atom is -0.508 e. The Kier molecular flexibility index (Phi) is 10.8. The van der Waals surface area contributed by atoms with Crippen LogP contribution in [-0.4, -0.2) is 106 Å². The Morgan fingerprint density at radius 1 is 1.06 bits per heavy atom. The van der Waals surface area contributed by atoms with Crippen LogP contribution in [-0.2, 0) is 25.6 Å². The number of primary amides is 1. The summed E-state index contributed by atoms with van der Waals surface area (Å²) in [5.74, 6) is -6.55. The van der Waals surface area contributed by atoms with Crippen molar-refractivity contribution in [3.63, 3.8) is 0 Å². The summed E-state index contributed by atoms with van der Waals surface area (Å²) in [5, 5.41) is 47.4. The number of phenols is 1. The Hall–Kier alpha value is -4.52. The van der Waals surface area contributed by atoms with Crippen molar-refractivity contribution in [3.05, 3.63) is 70.0 Å². The van der Waals surface area contributed by atoms with E-state index in [4.69, 9.17) is 5.73 Å². The van der Waals surface area contributed by atoms with Gasteiger partial charge in [-0.3, -0.25) is 24.1 Å². The molecule has 2 aromatic rings. The molecule has 0 radical (unpaired) electrons. The molecule has 0 aliphatic heterocycles. The Labute approximate surface area is 280 Å². The van der Waals surface area contributed by atoms with Gasteiger partial charge in [0.05, 0.1) is 11.6 Å². The van der Waals surface area contributed by atoms with Crippen LogP contribution in [0.25, 0.3) is 16.9 Å². The number of carbonyl (C=O) groups is 4. The van der Waals surface area contributed by atoms with Gasteiger partial charge in [0.2, 0.25) is 11.7 Å². The van der Waals surface area contributed by atoms with Gasteiger partial charge in [0, 0.05) is 31.5 Å². The summed E-state index contributed by atoms with van der Waals surface area (Å²) >= 11 is 0. The number of benzene rings is 2. The van der Waals surface area contributed by atoms with E-state index in [2.05, 4.69) is 24.1 Å². The zero-order valence-electron chi connectivity index (χ0n) is 28.3. The first-order valence-electron chi connectivity index (χ1n) is 16.1. The molecule has 4 atom stereocenters. The molecule has 0 bridgehead atoms. The minimum absolute atomic E-state index is 0.0503. The van der Waals surface area contributed by atoms with E-state index < -0.39 is 58.0 Å². The predicted octanol–water partition coefficient (Wildman–Crippen LogP) is 2.40. The first kappa shape index (κ1) is 36.3. The van der Waals surface area contributed by atoms with Gasteiger partial charge in [0.25, 0.3) is 5.91 Å². The van der Waals surface area contributed by atoms with Gasteiger partial charge in [-0.25, -0.2) is 0 Å². The molecule has 12 heteroatoms. The third-order valence-electron chi connectivity index (χ3n) is 9.63. The molecular weight excluding hydrogens is 616 g/mol. The van der Waals surface area contributed by atoms with Gasteiger partial charge in [0.1, 0.15) is 22.8 Å². The fourth-order valence-corrected chi connectivity index (χ4v) is 7.26. The number of Topliss-reactive ketones (excluding diaryl/α,β-unsaturated/α-hetero) is 2. The number of aryl methyl sites for hydroxylation is 1. The largest absolute Gasteiger partial charge is 0.508 e. The predicted molar refractivity (Wildman–Crippen MR) is 181 cm³/mol. The molecule has 5 rings (SSSR count). The summed E-state index contributed by atoms with van der Waals surface area (Å²) in [5.41, 5.74) is 5.10. The number of rotatable bonds is 8.